The molecule has 2 nitrogen and oxygen atoms in total. The Balaban J connectivity index is 2.02. The van der Waals surface area contributed by atoms with E-state index in [4.69, 9.17) is 0 Å². The molecule has 0 spiro atoms. The van der Waals surface area contributed by atoms with Crippen molar-refractivity contribution in [2.75, 3.05) is 13.1 Å². The molecule has 1 aliphatic rings. The summed E-state index contributed by atoms with van der Waals surface area (Å²) in [6, 6.07) is 8.46. The zero-order valence-corrected chi connectivity index (χ0v) is 13.3. The van der Waals surface area contributed by atoms with E-state index in [0.29, 0.717) is 11.8 Å². The minimum absolute atomic E-state index is 0.209. The van der Waals surface area contributed by atoms with Gasteiger partial charge in [0, 0.05) is 29.4 Å². The number of hydrogen-bond acceptors (Lipinski definition) is 1. The van der Waals surface area contributed by atoms with E-state index in [-0.39, 0.29) is 5.92 Å². The van der Waals surface area contributed by atoms with E-state index >= 15 is 0 Å². The van der Waals surface area contributed by atoms with E-state index in [9.17, 15) is 4.79 Å². The van der Waals surface area contributed by atoms with Crippen molar-refractivity contribution in [2.24, 2.45) is 5.92 Å². The Morgan fingerprint density at radius 1 is 1.42 bits per heavy atom. The second-order valence-corrected chi connectivity index (χ2v) is 6.25. The first-order valence-corrected chi connectivity index (χ1v) is 7.99. The van der Waals surface area contributed by atoms with Crippen LogP contribution in [0.5, 0.6) is 0 Å². The zero-order chi connectivity index (χ0) is 13.8. The summed E-state index contributed by atoms with van der Waals surface area (Å²) < 4.78 is 1.12. The first-order chi connectivity index (χ1) is 9.15. The molecule has 1 heterocycles. The number of carbonyl (C=O) groups excluding carboxylic acids is 1. The van der Waals surface area contributed by atoms with Crippen molar-refractivity contribution in [2.45, 2.75) is 39.0 Å². The van der Waals surface area contributed by atoms with Crippen LogP contribution in [0.25, 0.3) is 0 Å². The summed E-state index contributed by atoms with van der Waals surface area (Å²) in [6.07, 6.45) is 2.99. The number of amides is 1. The minimum atomic E-state index is 0.209. The average Bonchev–Trinajstić information content (AvgIpc) is 2.89. The minimum Gasteiger partial charge on any atom is -0.342 e. The van der Waals surface area contributed by atoms with Crippen LogP contribution in [-0.2, 0) is 4.79 Å². The Morgan fingerprint density at radius 2 is 2.16 bits per heavy atom. The molecular weight excluding hydrogens is 302 g/mol. The van der Waals surface area contributed by atoms with Gasteiger partial charge in [-0.3, -0.25) is 4.79 Å². The monoisotopic (exact) mass is 323 g/mol. The maximum atomic E-state index is 12.4. The van der Waals surface area contributed by atoms with Gasteiger partial charge in [-0.15, -0.1) is 0 Å². The van der Waals surface area contributed by atoms with E-state index < -0.39 is 0 Å². The van der Waals surface area contributed by atoms with Gasteiger partial charge in [0.2, 0.25) is 5.91 Å². The predicted molar refractivity (Wildman–Crippen MR) is 82.2 cm³/mol. The van der Waals surface area contributed by atoms with Gasteiger partial charge in [-0.1, -0.05) is 41.9 Å². The molecule has 3 heteroatoms. The Morgan fingerprint density at radius 3 is 2.79 bits per heavy atom. The first kappa shape index (κ1) is 14.6. The van der Waals surface area contributed by atoms with Crippen molar-refractivity contribution >= 4 is 21.8 Å². The molecule has 1 saturated heterocycles. The maximum Gasteiger partial charge on any atom is 0.225 e. The fourth-order valence-electron chi connectivity index (χ4n) is 2.89. The third kappa shape index (κ3) is 3.38. The maximum absolute atomic E-state index is 12.4. The Labute approximate surface area is 124 Å². The van der Waals surface area contributed by atoms with Gasteiger partial charge in [-0.2, -0.15) is 0 Å². The standard InChI is InChI=1S/C16H22BrNO/c1-3-12(4-2)16(19)18-9-8-14(11-18)13-6-5-7-15(17)10-13/h5-7,10,12,14H,3-4,8-9,11H2,1-2H3. The summed E-state index contributed by atoms with van der Waals surface area (Å²) in [4.78, 5) is 14.4. The molecule has 1 aromatic carbocycles. The number of carbonyl (C=O) groups is 1. The lowest BCUT2D eigenvalue weighted by Gasteiger charge is -2.22. The van der Waals surface area contributed by atoms with Crippen molar-refractivity contribution in [1.82, 2.24) is 4.90 Å². The summed E-state index contributed by atoms with van der Waals surface area (Å²) in [7, 11) is 0. The summed E-state index contributed by atoms with van der Waals surface area (Å²) >= 11 is 3.52. The smallest absolute Gasteiger partial charge is 0.225 e. The van der Waals surface area contributed by atoms with Gasteiger partial charge in [0.1, 0.15) is 0 Å². The summed E-state index contributed by atoms with van der Waals surface area (Å²) in [5.74, 6) is 1.06. The highest BCUT2D eigenvalue weighted by Crippen LogP contribution is 2.30. The fourth-order valence-corrected chi connectivity index (χ4v) is 3.31. The topological polar surface area (TPSA) is 20.3 Å². The summed E-state index contributed by atoms with van der Waals surface area (Å²) in [6.45, 7) is 6.00. The third-order valence-electron chi connectivity index (χ3n) is 4.15. The van der Waals surface area contributed by atoms with Crippen LogP contribution in [-0.4, -0.2) is 23.9 Å². The summed E-state index contributed by atoms with van der Waals surface area (Å²) in [5, 5.41) is 0. The van der Waals surface area contributed by atoms with Crippen molar-refractivity contribution in [3.05, 3.63) is 34.3 Å². The number of benzene rings is 1. The molecule has 0 bridgehead atoms. The zero-order valence-electron chi connectivity index (χ0n) is 11.7. The molecule has 1 aromatic rings. The molecule has 104 valence electrons. The quantitative estimate of drug-likeness (QED) is 0.813. The van der Waals surface area contributed by atoms with Crippen LogP contribution in [0.3, 0.4) is 0 Å². The molecule has 1 aliphatic heterocycles. The van der Waals surface area contributed by atoms with Crippen LogP contribution in [0, 0.1) is 5.92 Å². The van der Waals surface area contributed by atoms with Gasteiger partial charge in [0.25, 0.3) is 0 Å². The number of rotatable bonds is 4. The van der Waals surface area contributed by atoms with Gasteiger partial charge in [0.15, 0.2) is 0 Å². The van der Waals surface area contributed by atoms with Gasteiger partial charge < -0.3 is 4.90 Å². The van der Waals surface area contributed by atoms with E-state index in [1.807, 2.05) is 6.07 Å². The Hall–Kier alpha value is -0.830. The number of hydrogen-bond donors (Lipinski definition) is 0. The highest BCUT2D eigenvalue weighted by atomic mass is 79.9. The molecule has 0 N–H and O–H groups in total. The average molecular weight is 324 g/mol. The molecular formula is C16H22BrNO. The number of nitrogens with zero attached hydrogens (tertiary/aromatic N) is 1. The highest BCUT2D eigenvalue weighted by molar-refractivity contribution is 9.10. The molecule has 1 amide bonds. The molecule has 1 atom stereocenters. The van der Waals surface area contributed by atoms with E-state index in [0.717, 1.165) is 36.8 Å². The van der Waals surface area contributed by atoms with Crippen molar-refractivity contribution in [3.63, 3.8) is 0 Å². The van der Waals surface area contributed by atoms with Crippen LogP contribution in [0.1, 0.15) is 44.6 Å². The van der Waals surface area contributed by atoms with E-state index in [2.05, 4.69) is 52.9 Å². The lowest BCUT2D eigenvalue weighted by molar-refractivity contribution is -0.134. The Bertz CT molecular complexity index is 442. The number of likely N-dealkylation sites (tertiary alicyclic amines) is 1. The SMILES string of the molecule is CCC(CC)C(=O)N1CCC(c2cccc(Br)c2)C1. The molecule has 19 heavy (non-hydrogen) atoms. The predicted octanol–water partition coefficient (Wildman–Crippen LogP) is 4.20. The second kappa shape index (κ2) is 6.56. The van der Waals surface area contributed by atoms with Gasteiger partial charge in [-0.25, -0.2) is 0 Å². The first-order valence-electron chi connectivity index (χ1n) is 7.20. The van der Waals surface area contributed by atoms with Crippen LogP contribution in [0.2, 0.25) is 0 Å². The molecule has 0 aromatic heterocycles. The fraction of sp³-hybridized carbons (Fsp3) is 0.562. The third-order valence-corrected chi connectivity index (χ3v) is 4.65. The lowest BCUT2D eigenvalue weighted by Crippen LogP contribution is -2.33. The molecule has 0 radical (unpaired) electrons. The van der Waals surface area contributed by atoms with E-state index in [1.165, 1.54) is 5.56 Å². The largest absolute Gasteiger partial charge is 0.342 e. The summed E-state index contributed by atoms with van der Waals surface area (Å²) in [5.41, 5.74) is 1.34. The van der Waals surface area contributed by atoms with Crippen molar-refractivity contribution in [1.29, 1.82) is 0 Å². The van der Waals surface area contributed by atoms with Crippen molar-refractivity contribution < 1.29 is 4.79 Å². The van der Waals surface area contributed by atoms with Crippen LogP contribution in [0.4, 0.5) is 0 Å². The lowest BCUT2D eigenvalue weighted by atomic mass is 9.98. The molecule has 2 rings (SSSR count). The van der Waals surface area contributed by atoms with Crippen molar-refractivity contribution in [3.8, 4) is 0 Å². The molecule has 0 aliphatic carbocycles. The Kier molecular flexibility index (Phi) is 5.03. The van der Waals surface area contributed by atoms with Gasteiger partial charge >= 0.3 is 0 Å². The highest BCUT2D eigenvalue weighted by Gasteiger charge is 2.30. The van der Waals surface area contributed by atoms with Crippen LogP contribution in [0.15, 0.2) is 28.7 Å². The van der Waals surface area contributed by atoms with Gasteiger partial charge in [0.05, 0.1) is 0 Å². The number of halogens is 1. The molecule has 1 fully saturated rings. The van der Waals surface area contributed by atoms with Gasteiger partial charge in [-0.05, 0) is 37.0 Å². The van der Waals surface area contributed by atoms with E-state index in [1.54, 1.807) is 0 Å². The normalized spacial score (nSPS) is 19.2. The molecule has 1 unspecified atom stereocenters. The second-order valence-electron chi connectivity index (χ2n) is 5.34. The molecule has 0 saturated carbocycles. The van der Waals surface area contributed by atoms with Crippen LogP contribution < -0.4 is 0 Å². The van der Waals surface area contributed by atoms with Crippen LogP contribution >= 0.6 is 15.9 Å².